The highest BCUT2D eigenvalue weighted by atomic mass is 35.5. The van der Waals surface area contributed by atoms with E-state index in [-0.39, 0.29) is 12.0 Å². The lowest BCUT2D eigenvalue weighted by atomic mass is 9.90. The molecule has 3 rings (SSSR count). The summed E-state index contributed by atoms with van der Waals surface area (Å²) >= 11 is 12.4. The Kier molecular flexibility index (Phi) is 4.23. The molecule has 2 aromatic carbocycles. The first kappa shape index (κ1) is 15.1. The first-order chi connectivity index (χ1) is 10.6. The van der Waals surface area contributed by atoms with Gasteiger partial charge in [0.05, 0.1) is 6.04 Å². The van der Waals surface area contributed by atoms with Gasteiger partial charge in [0.2, 0.25) is 0 Å². The summed E-state index contributed by atoms with van der Waals surface area (Å²) in [5.74, 6) is 0.0337. The van der Waals surface area contributed by atoms with Gasteiger partial charge in [0, 0.05) is 21.7 Å². The number of nitrogens with one attached hydrogen (secondary N) is 1. The molecule has 2 nitrogen and oxygen atoms in total. The Bertz CT molecular complexity index is 740. The number of aldehydes is 1. The summed E-state index contributed by atoms with van der Waals surface area (Å²) in [4.78, 5) is 11.4. The zero-order chi connectivity index (χ0) is 15.7. The summed E-state index contributed by atoms with van der Waals surface area (Å²) < 4.78 is 0. The van der Waals surface area contributed by atoms with E-state index in [0.29, 0.717) is 10.0 Å². The van der Waals surface area contributed by atoms with Crippen LogP contribution in [0.15, 0.2) is 48.5 Å². The zero-order valence-corrected chi connectivity index (χ0v) is 13.5. The maximum Gasteiger partial charge on any atom is 0.142 e. The standard InChI is InChI=1S/C18H15Cl2NO/c1-11-16(10-22)21-18(12-5-3-2-4-6-12)17(11)14-8-7-13(19)9-15(14)20/h2-11,16,21H,1H3. The molecule has 112 valence electrons. The fourth-order valence-electron chi connectivity index (χ4n) is 2.86. The van der Waals surface area contributed by atoms with Crippen LogP contribution in [0.3, 0.4) is 0 Å². The van der Waals surface area contributed by atoms with Crippen molar-refractivity contribution in [1.82, 2.24) is 5.32 Å². The van der Waals surface area contributed by atoms with Gasteiger partial charge in [-0.1, -0.05) is 66.5 Å². The lowest BCUT2D eigenvalue weighted by Crippen LogP contribution is -2.28. The molecule has 0 aromatic heterocycles. The van der Waals surface area contributed by atoms with E-state index in [0.717, 1.165) is 28.7 Å². The second-order valence-corrected chi connectivity index (χ2v) is 6.22. The molecule has 0 aliphatic carbocycles. The van der Waals surface area contributed by atoms with Gasteiger partial charge in [0.15, 0.2) is 0 Å². The Balaban J connectivity index is 2.19. The Hall–Kier alpha value is -1.77. The normalized spacial score (nSPS) is 20.9. The highest BCUT2D eigenvalue weighted by Gasteiger charge is 2.33. The van der Waals surface area contributed by atoms with Crippen LogP contribution in [0.25, 0.3) is 11.3 Å². The molecule has 1 aliphatic heterocycles. The van der Waals surface area contributed by atoms with Crippen molar-refractivity contribution in [1.29, 1.82) is 0 Å². The van der Waals surface area contributed by atoms with E-state index in [9.17, 15) is 4.79 Å². The van der Waals surface area contributed by atoms with Crippen molar-refractivity contribution in [3.8, 4) is 0 Å². The molecular formula is C18H15Cl2NO. The minimum absolute atomic E-state index is 0.0337. The Morgan fingerprint density at radius 2 is 1.82 bits per heavy atom. The maximum atomic E-state index is 11.4. The predicted octanol–water partition coefficient (Wildman–Crippen LogP) is 4.67. The molecule has 2 aromatic rings. The molecule has 0 spiro atoms. The fourth-order valence-corrected chi connectivity index (χ4v) is 3.37. The van der Waals surface area contributed by atoms with Crippen molar-refractivity contribution in [2.45, 2.75) is 13.0 Å². The van der Waals surface area contributed by atoms with Crippen molar-refractivity contribution >= 4 is 40.8 Å². The lowest BCUT2D eigenvalue weighted by molar-refractivity contribution is -0.109. The second kappa shape index (κ2) is 6.15. The van der Waals surface area contributed by atoms with Crippen molar-refractivity contribution in [3.05, 3.63) is 69.7 Å². The van der Waals surface area contributed by atoms with Crippen LogP contribution in [0.1, 0.15) is 18.1 Å². The average molecular weight is 332 g/mol. The number of hydrogen-bond donors (Lipinski definition) is 1. The molecule has 1 aliphatic rings. The van der Waals surface area contributed by atoms with Crippen molar-refractivity contribution < 1.29 is 4.79 Å². The molecule has 1 N–H and O–H groups in total. The van der Waals surface area contributed by atoms with Crippen LogP contribution in [-0.2, 0) is 4.79 Å². The van der Waals surface area contributed by atoms with E-state index in [1.54, 1.807) is 6.07 Å². The average Bonchev–Trinajstić information content (AvgIpc) is 2.85. The quantitative estimate of drug-likeness (QED) is 0.828. The molecule has 0 amide bonds. The lowest BCUT2D eigenvalue weighted by Gasteiger charge is -2.14. The summed E-state index contributed by atoms with van der Waals surface area (Å²) in [5.41, 5.74) is 3.95. The molecule has 0 bridgehead atoms. The molecule has 0 saturated carbocycles. The molecule has 0 radical (unpaired) electrons. The van der Waals surface area contributed by atoms with Crippen LogP contribution in [-0.4, -0.2) is 12.3 Å². The van der Waals surface area contributed by atoms with Gasteiger partial charge < -0.3 is 10.1 Å². The highest BCUT2D eigenvalue weighted by molar-refractivity contribution is 6.36. The van der Waals surface area contributed by atoms with Gasteiger partial charge in [0.1, 0.15) is 6.29 Å². The first-order valence-electron chi connectivity index (χ1n) is 7.08. The SMILES string of the molecule is CC1C(c2ccc(Cl)cc2Cl)=C(c2ccccc2)NC1C=O. The van der Waals surface area contributed by atoms with Crippen LogP contribution in [0.2, 0.25) is 10.0 Å². The van der Waals surface area contributed by atoms with Crippen LogP contribution in [0.5, 0.6) is 0 Å². The number of rotatable bonds is 3. The first-order valence-corrected chi connectivity index (χ1v) is 7.84. The third kappa shape index (κ3) is 2.65. The molecule has 22 heavy (non-hydrogen) atoms. The van der Waals surface area contributed by atoms with E-state index in [1.807, 2.05) is 49.4 Å². The molecular weight excluding hydrogens is 317 g/mol. The number of benzene rings is 2. The molecule has 2 unspecified atom stereocenters. The van der Waals surface area contributed by atoms with Crippen LogP contribution >= 0.6 is 23.2 Å². The molecule has 2 atom stereocenters. The monoisotopic (exact) mass is 331 g/mol. The van der Waals surface area contributed by atoms with Gasteiger partial charge >= 0.3 is 0 Å². The molecule has 1 heterocycles. The summed E-state index contributed by atoms with van der Waals surface area (Å²) in [6.07, 6.45) is 0.949. The van der Waals surface area contributed by atoms with Gasteiger partial charge in [0.25, 0.3) is 0 Å². The van der Waals surface area contributed by atoms with Gasteiger partial charge in [-0.3, -0.25) is 0 Å². The fraction of sp³-hybridized carbons (Fsp3) is 0.167. The van der Waals surface area contributed by atoms with E-state index in [4.69, 9.17) is 23.2 Å². The Labute approximate surface area is 139 Å². The summed E-state index contributed by atoms with van der Waals surface area (Å²) in [5, 5.41) is 4.51. The predicted molar refractivity (Wildman–Crippen MR) is 91.9 cm³/mol. The minimum Gasteiger partial charge on any atom is -0.374 e. The maximum absolute atomic E-state index is 11.4. The molecule has 0 fully saturated rings. The third-order valence-corrected chi connectivity index (χ3v) is 4.55. The molecule has 0 saturated heterocycles. The number of halogens is 2. The van der Waals surface area contributed by atoms with Crippen molar-refractivity contribution in [2.24, 2.45) is 5.92 Å². The minimum atomic E-state index is -0.253. The van der Waals surface area contributed by atoms with Gasteiger partial charge in [-0.15, -0.1) is 0 Å². The van der Waals surface area contributed by atoms with E-state index >= 15 is 0 Å². The van der Waals surface area contributed by atoms with Gasteiger partial charge in [-0.2, -0.15) is 0 Å². The van der Waals surface area contributed by atoms with Gasteiger partial charge in [-0.25, -0.2) is 0 Å². The summed E-state index contributed by atoms with van der Waals surface area (Å²) in [6.45, 7) is 2.03. The highest BCUT2D eigenvalue weighted by Crippen LogP contribution is 2.41. The second-order valence-electron chi connectivity index (χ2n) is 5.37. The van der Waals surface area contributed by atoms with Crippen molar-refractivity contribution in [3.63, 3.8) is 0 Å². The van der Waals surface area contributed by atoms with Crippen LogP contribution in [0.4, 0.5) is 0 Å². The Morgan fingerprint density at radius 1 is 1.09 bits per heavy atom. The van der Waals surface area contributed by atoms with Crippen LogP contribution < -0.4 is 5.32 Å². The van der Waals surface area contributed by atoms with Crippen molar-refractivity contribution in [2.75, 3.05) is 0 Å². The molecule has 4 heteroatoms. The van der Waals surface area contributed by atoms with Crippen LogP contribution in [0, 0.1) is 5.92 Å². The zero-order valence-electron chi connectivity index (χ0n) is 12.0. The van der Waals surface area contributed by atoms with Gasteiger partial charge in [-0.05, 0) is 28.8 Å². The van der Waals surface area contributed by atoms with E-state index in [1.165, 1.54) is 0 Å². The topological polar surface area (TPSA) is 29.1 Å². The number of carbonyl (C=O) groups excluding carboxylic acids is 1. The van der Waals surface area contributed by atoms with E-state index in [2.05, 4.69) is 5.32 Å². The summed E-state index contributed by atoms with van der Waals surface area (Å²) in [7, 11) is 0. The smallest absolute Gasteiger partial charge is 0.142 e. The number of carbonyl (C=O) groups is 1. The summed E-state index contributed by atoms with van der Waals surface area (Å²) in [6, 6.07) is 15.2. The Morgan fingerprint density at radius 3 is 2.45 bits per heavy atom. The third-order valence-electron chi connectivity index (χ3n) is 4.00. The van der Waals surface area contributed by atoms with E-state index < -0.39 is 0 Å². The largest absolute Gasteiger partial charge is 0.374 e. The number of hydrogen-bond acceptors (Lipinski definition) is 2.